The fourth-order valence-electron chi connectivity index (χ4n) is 2.89. The molecule has 1 aromatic carbocycles. The van der Waals surface area contributed by atoms with Crippen LogP contribution in [0.3, 0.4) is 0 Å². The first-order valence-electron chi connectivity index (χ1n) is 10.4. The fraction of sp³-hybridized carbons (Fsp3) is 0.667. The smallest absolute Gasteiger partial charge is 0.311 e. The van der Waals surface area contributed by atoms with E-state index in [1.54, 1.807) is 0 Å². The molecule has 0 radical (unpaired) electrons. The van der Waals surface area contributed by atoms with E-state index in [9.17, 15) is 13.2 Å². The van der Waals surface area contributed by atoms with Gasteiger partial charge in [-0.1, -0.05) is 51.9 Å². The summed E-state index contributed by atoms with van der Waals surface area (Å²) in [7, 11) is -4.23. The molecule has 0 aromatic heterocycles. The Balaban J connectivity index is 1.98. The van der Waals surface area contributed by atoms with Gasteiger partial charge in [0.25, 0.3) is 10.1 Å². The number of hydrogen-bond acceptors (Lipinski definition) is 5. The van der Waals surface area contributed by atoms with Crippen LogP contribution in [0.15, 0.2) is 29.2 Å². The normalized spacial score (nSPS) is 11.5. The molecule has 160 valence electrons. The van der Waals surface area contributed by atoms with E-state index in [4.69, 9.17) is 9.29 Å². The van der Waals surface area contributed by atoms with Gasteiger partial charge in [0.15, 0.2) is 0 Å². The molecule has 0 atom stereocenters. The van der Waals surface area contributed by atoms with E-state index in [0.29, 0.717) is 6.42 Å². The average Bonchev–Trinajstić information content (AvgIpc) is 2.65. The van der Waals surface area contributed by atoms with Crippen molar-refractivity contribution in [2.75, 3.05) is 13.1 Å². The Morgan fingerprint density at radius 3 is 2.00 bits per heavy atom. The molecule has 0 saturated heterocycles. The van der Waals surface area contributed by atoms with E-state index in [1.807, 2.05) is 0 Å². The highest BCUT2D eigenvalue weighted by atomic mass is 32.2. The van der Waals surface area contributed by atoms with Gasteiger partial charge in [-0.15, -0.1) is 0 Å². The highest BCUT2D eigenvalue weighted by molar-refractivity contribution is 7.85. The molecule has 1 rings (SSSR count). The third kappa shape index (κ3) is 12.1. The van der Waals surface area contributed by atoms with E-state index in [1.165, 1.54) is 69.2 Å². The molecule has 2 N–H and O–H groups in total. The number of rotatable bonds is 16. The van der Waals surface area contributed by atoms with Crippen LogP contribution in [0.25, 0.3) is 0 Å². The molecule has 28 heavy (non-hydrogen) atoms. The van der Waals surface area contributed by atoms with E-state index in [2.05, 4.69) is 12.2 Å². The Bertz CT molecular complexity index is 643. The van der Waals surface area contributed by atoms with E-state index in [-0.39, 0.29) is 16.6 Å². The summed E-state index contributed by atoms with van der Waals surface area (Å²) < 4.78 is 36.0. The zero-order valence-electron chi connectivity index (χ0n) is 17.0. The van der Waals surface area contributed by atoms with Crippen LogP contribution in [0.4, 0.5) is 0 Å². The summed E-state index contributed by atoms with van der Waals surface area (Å²) in [5.74, 6) is -0.0654. The van der Waals surface area contributed by atoms with Crippen molar-refractivity contribution in [3.63, 3.8) is 0 Å². The van der Waals surface area contributed by atoms with Crippen LogP contribution in [0.1, 0.15) is 77.6 Å². The van der Waals surface area contributed by atoms with Gasteiger partial charge in [0, 0.05) is 6.42 Å². The van der Waals surface area contributed by atoms with Crippen LogP contribution in [0.2, 0.25) is 0 Å². The first kappa shape index (κ1) is 24.6. The topological polar surface area (TPSA) is 92.7 Å². The molecule has 0 unspecified atom stereocenters. The maximum Gasteiger partial charge on any atom is 0.311 e. The van der Waals surface area contributed by atoms with Gasteiger partial charge in [0.2, 0.25) is 0 Å². The Morgan fingerprint density at radius 2 is 1.43 bits per heavy atom. The molecule has 0 heterocycles. The van der Waals surface area contributed by atoms with Crippen LogP contribution in [0.5, 0.6) is 5.75 Å². The van der Waals surface area contributed by atoms with Crippen LogP contribution in [0, 0.1) is 0 Å². The van der Waals surface area contributed by atoms with Gasteiger partial charge in [-0.3, -0.25) is 9.35 Å². The van der Waals surface area contributed by atoms with Crippen molar-refractivity contribution in [3.8, 4) is 5.75 Å². The SMILES string of the molecule is CCCCCCCCCNCCCCCC(=O)Oc1ccc(S(=O)(=O)O)cc1. The van der Waals surface area contributed by atoms with Gasteiger partial charge >= 0.3 is 5.97 Å². The minimum Gasteiger partial charge on any atom is -0.427 e. The van der Waals surface area contributed by atoms with E-state index >= 15 is 0 Å². The second-order valence-electron chi connectivity index (χ2n) is 7.10. The number of carbonyl (C=O) groups excluding carboxylic acids is 1. The largest absolute Gasteiger partial charge is 0.427 e. The summed E-state index contributed by atoms with van der Waals surface area (Å²) in [4.78, 5) is 11.6. The van der Waals surface area contributed by atoms with Crippen molar-refractivity contribution in [3.05, 3.63) is 24.3 Å². The molecule has 0 bridgehead atoms. The Kier molecular flexibility index (Phi) is 12.8. The van der Waals surface area contributed by atoms with Crippen molar-refractivity contribution in [1.29, 1.82) is 0 Å². The predicted octanol–water partition coefficient (Wildman–Crippen LogP) is 4.74. The summed E-state index contributed by atoms with van der Waals surface area (Å²) >= 11 is 0. The monoisotopic (exact) mass is 413 g/mol. The first-order valence-corrected chi connectivity index (χ1v) is 11.9. The molecule has 7 heteroatoms. The van der Waals surface area contributed by atoms with Gasteiger partial charge in [-0.2, -0.15) is 8.42 Å². The fourth-order valence-corrected chi connectivity index (χ4v) is 3.37. The molecule has 0 spiro atoms. The third-order valence-corrected chi connectivity index (χ3v) is 5.41. The maximum absolute atomic E-state index is 11.8. The number of hydrogen-bond donors (Lipinski definition) is 2. The standard InChI is InChI=1S/C21H35NO5S/c1-2-3-4-5-6-7-10-17-22-18-11-8-9-12-21(23)27-19-13-15-20(16-14-19)28(24,25)26/h13-16,22H,2-12,17-18H2,1H3,(H,24,25,26). The quantitative estimate of drug-likeness (QED) is 0.176. The summed E-state index contributed by atoms with van der Waals surface area (Å²) in [6.45, 7) is 4.28. The van der Waals surface area contributed by atoms with Crippen LogP contribution in [-0.2, 0) is 14.9 Å². The number of nitrogens with one attached hydrogen (secondary N) is 1. The van der Waals surface area contributed by atoms with Crippen molar-refractivity contribution < 1.29 is 22.5 Å². The van der Waals surface area contributed by atoms with Gasteiger partial charge in [-0.05, 0) is 56.6 Å². The second kappa shape index (κ2) is 14.5. The van der Waals surface area contributed by atoms with Crippen molar-refractivity contribution in [2.45, 2.75) is 82.4 Å². The predicted molar refractivity (Wildman–Crippen MR) is 111 cm³/mol. The van der Waals surface area contributed by atoms with Crippen molar-refractivity contribution in [2.24, 2.45) is 0 Å². The number of benzene rings is 1. The Morgan fingerprint density at radius 1 is 0.893 bits per heavy atom. The summed E-state index contributed by atoms with van der Waals surface area (Å²) in [6.07, 6.45) is 12.3. The van der Waals surface area contributed by atoms with Crippen LogP contribution in [-0.4, -0.2) is 32.0 Å². The van der Waals surface area contributed by atoms with Gasteiger partial charge in [0.1, 0.15) is 5.75 Å². The molecule has 0 saturated carbocycles. The number of carbonyl (C=O) groups is 1. The highest BCUT2D eigenvalue weighted by Gasteiger charge is 2.10. The Hall–Kier alpha value is -1.44. The van der Waals surface area contributed by atoms with Gasteiger partial charge in [0.05, 0.1) is 4.90 Å². The molecular weight excluding hydrogens is 378 g/mol. The minimum absolute atomic E-state index is 0.226. The number of unbranched alkanes of at least 4 members (excludes halogenated alkanes) is 8. The van der Waals surface area contributed by atoms with Gasteiger partial charge in [-0.25, -0.2) is 0 Å². The van der Waals surface area contributed by atoms with Crippen LogP contribution >= 0.6 is 0 Å². The third-order valence-electron chi connectivity index (χ3n) is 4.54. The zero-order chi connectivity index (χ0) is 20.7. The molecule has 0 aliphatic heterocycles. The molecular formula is C21H35NO5S. The molecule has 0 amide bonds. The minimum atomic E-state index is -4.23. The van der Waals surface area contributed by atoms with E-state index < -0.39 is 10.1 Å². The zero-order valence-corrected chi connectivity index (χ0v) is 17.8. The van der Waals surface area contributed by atoms with Crippen molar-refractivity contribution >= 4 is 16.1 Å². The summed E-state index contributed by atoms with van der Waals surface area (Å²) in [5, 5.41) is 3.45. The first-order chi connectivity index (χ1) is 13.4. The lowest BCUT2D eigenvalue weighted by Crippen LogP contribution is -2.16. The number of esters is 1. The molecule has 6 nitrogen and oxygen atoms in total. The van der Waals surface area contributed by atoms with Gasteiger partial charge < -0.3 is 10.1 Å². The molecule has 0 aliphatic carbocycles. The molecule has 0 aliphatic rings. The molecule has 1 aromatic rings. The lowest BCUT2D eigenvalue weighted by atomic mass is 10.1. The van der Waals surface area contributed by atoms with E-state index in [0.717, 1.165) is 32.4 Å². The highest BCUT2D eigenvalue weighted by Crippen LogP contribution is 2.16. The van der Waals surface area contributed by atoms with Crippen molar-refractivity contribution in [1.82, 2.24) is 5.32 Å². The second-order valence-corrected chi connectivity index (χ2v) is 8.52. The summed E-state index contributed by atoms with van der Waals surface area (Å²) in [6, 6.07) is 5.12. The Labute approximate surface area is 169 Å². The maximum atomic E-state index is 11.8. The molecule has 0 fully saturated rings. The van der Waals surface area contributed by atoms with Crippen LogP contribution < -0.4 is 10.1 Å². The lowest BCUT2D eigenvalue weighted by Gasteiger charge is -2.06. The average molecular weight is 414 g/mol. The number of ether oxygens (including phenoxy) is 1. The lowest BCUT2D eigenvalue weighted by molar-refractivity contribution is -0.134. The summed E-state index contributed by atoms with van der Waals surface area (Å²) in [5.41, 5.74) is 0.